The van der Waals surface area contributed by atoms with Crippen molar-refractivity contribution in [1.29, 1.82) is 0 Å². The monoisotopic (exact) mass is 840 g/mol. The SMILES string of the molecule is CSCC[C@H](NC(=O)[C@@H](NC(=O)[C@@H](NC(=O)[C@@H](NC(=O)[C@H](CO)NC(=O)[C@@H](N)Cc1ccccc1)C(C)C)[C@@H](C)O)[C@@H](C)O)C(=O)N[C@@H](CCCN=C(N)N)C(=O)O. The van der Waals surface area contributed by atoms with Gasteiger partial charge in [-0.3, -0.25) is 33.8 Å². The molecule has 58 heavy (non-hydrogen) atoms. The molecule has 1 aromatic carbocycles. The van der Waals surface area contributed by atoms with Crippen molar-refractivity contribution in [1.82, 2.24) is 31.9 Å². The first kappa shape index (κ1) is 51.0. The van der Waals surface area contributed by atoms with E-state index in [0.717, 1.165) is 5.56 Å². The molecule has 0 aliphatic carbocycles. The van der Waals surface area contributed by atoms with Gasteiger partial charge in [-0.15, -0.1) is 0 Å². The molecule has 0 spiro atoms. The number of aliphatic hydroxyl groups is 3. The number of rotatable bonds is 26. The summed E-state index contributed by atoms with van der Waals surface area (Å²) in [7, 11) is 0. The van der Waals surface area contributed by atoms with E-state index in [1.807, 2.05) is 0 Å². The van der Waals surface area contributed by atoms with Gasteiger partial charge in [0.15, 0.2) is 5.96 Å². The van der Waals surface area contributed by atoms with Gasteiger partial charge in [0.1, 0.15) is 36.3 Å². The molecule has 0 heterocycles. The number of amides is 6. The number of aliphatic imine (C=N–C) groups is 1. The average molecular weight is 841 g/mol. The molecule has 0 aromatic heterocycles. The van der Waals surface area contributed by atoms with Crippen molar-refractivity contribution in [3.05, 3.63) is 35.9 Å². The molecule has 0 fully saturated rings. The summed E-state index contributed by atoms with van der Waals surface area (Å²) in [5.41, 5.74) is 17.3. The first-order valence-electron chi connectivity index (χ1n) is 18.6. The van der Waals surface area contributed by atoms with Crippen LogP contribution in [-0.4, -0.2) is 147 Å². The van der Waals surface area contributed by atoms with Crippen LogP contribution in [0.25, 0.3) is 0 Å². The van der Waals surface area contributed by atoms with E-state index in [-0.39, 0.29) is 38.2 Å². The smallest absolute Gasteiger partial charge is 0.326 e. The van der Waals surface area contributed by atoms with Crippen LogP contribution in [0.15, 0.2) is 35.3 Å². The lowest BCUT2D eigenvalue weighted by molar-refractivity contribution is -0.142. The van der Waals surface area contributed by atoms with Crippen molar-refractivity contribution in [2.75, 3.05) is 25.2 Å². The Hall–Kier alpha value is -5.03. The number of hydrogen-bond donors (Lipinski definition) is 13. The molecule has 0 saturated carbocycles. The van der Waals surface area contributed by atoms with Crippen molar-refractivity contribution >= 4 is 59.1 Å². The summed E-state index contributed by atoms with van der Waals surface area (Å²) in [6.07, 6.45) is -1.06. The lowest BCUT2D eigenvalue weighted by Crippen LogP contribution is -2.63. The maximum absolute atomic E-state index is 13.5. The van der Waals surface area contributed by atoms with E-state index in [0.29, 0.717) is 5.75 Å². The molecule has 9 atom stereocenters. The van der Waals surface area contributed by atoms with Gasteiger partial charge in [-0.05, 0) is 63.0 Å². The Bertz CT molecular complexity index is 1550. The van der Waals surface area contributed by atoms with E-state index in [1.165, 1.54) is 25.6 Å². The first-order chi connectivity index (χ1) is 27.2. The Labute approximate surface area is 341 Å². The molecule has 6 amide bonds. The van der Waals surface area contributed by atoms with Crippen LogP contribution in [0.4, 0.5) is 0 Å². The summed E-state index contributed by atoms with van der Waals surface area (Å²) in [6, 6.07) is -1.18. The highest BCUT2D eigenvalue weighted by Crippen LogP contribution is 2.09. The molecule has 0 aliphatic heterocycles. The third kappa shape index (κ3) is 18.1. The number of aliphatic hydroxyl groups excluding tert-OH is 3. The molecule has 0 radical (unpaired) electrons. The van der Waals surface area contributed by atoms with Crippen LogP contribution in [0.3, 0.4) is 0 Å². The van der Waals surface area contributed by atoms with Gasteiger partial charge in [-0.25, -0.2) is 4.79 Å². The molecule has 0 aliphatic rings. The summed E-state index contributed by atoms with van der Waals surface area (Å²) in [5, 5.41) is 54.8. The fraction of sp³-hybridized carbons (Fsp3) is 0.611. The number of nitrogens with two attached hydrogens (primary N) is 3. The number of thioether (sulfide) groups is 1. The largest absolute Gasteiger partial charge is 0.480 e. The Kier molecular flexibility index (Phi) is 22.9. The number of carbonyl (C=O) groups is 7. The van der Waals surface area contributed by atoms with Gasteiger partial charge in [0, 0.05) is 6.54 Å². The molecular weight excluding hydrogens is 781 g/mol. The van der Waals surface area contributed by atoms with Gasteiger partial charge in [0.05, 0.1) is 24.9 Å². The molecule has 1 rings (SSSR count). The lowest BCUT2D eigenvalue weighted by atomic mass is 10.0. The standard InChI is InChI=1S/C36H60N10O11S/c1-18(2)26(44-31(52)25(17-47)43-29(50)22(37)16-21-10-7-6-8-11-21)32(53)45-28(20(4)49)34(55)46-27(19(3)48)33(54)41-23(13-15-58-5)30(51)42-24(35(56)57)12-9-14-40-36(38)39/h6-8,10-11,18-20,22-28,47-49H,9,12-17,37H2,1-5H3,(H,41,54)(H,42,51)(H,43,50)(H,44,52)(H,45,53)(H,46,55)(H,56,57)(H4,38,39,40)/t19-,20-,22+,23+,24+,25+,26+,27+,28+/m1/s1. The predicted molar refractivity (Wildman–Crippen MR) is 216 cm³/mol. The number of nitrogens with zero attached hydrogens (tertiary/aromatic N) is 1. The number of carbonyl (C=O) groups excluding carboxylic acids is 6. The van der Waals surface area contributed by atoms with E-state index >= 15 is 0 Å². The maximum atomic E-state index is 13.5. The zero-order chi connectivity index (χ0) is 44.1. The highest BCUT2D eigenvalue weighted by molar-refractivity contribution is 7.98. The summed E-state index contributed by atoms with van der Waals surface area (Å²) < 4.78 is 0. The second-order valence-electron chi connectivity index (χ2n) is 13.9. The van der Waals surface area contributed by atoms with Crippen molar-refractivity contribution < 1.29 is 54.0 Å². The van der Waals surface area contributed by atoms with Crippen LogP contribution in [-0.2, 0) is 40.0 Å². The maximum Gasteiger partial charge on any atom is 0.326 e. The highest BCUT2D eigenvalue weighted by atomic mass is 32.2. The van der Waals surface area contributed by atoms with Crippen LogP contribution in [0.1, 0.15) is 52.5 Å². The van der Waals surface area contributed by atoms with Crippen molar-refractivity contribution in [3.63, 3.8) is 0 Å². The average Bonchev–Trinajstić information content (AvgIpc) is 3.15. The van der Waals surface area contributed by atoms with Crippen LogP contribution < -0.4 is 49.1 Å². The molecule has 0 bridgehead atoms. The normalized spacial score (nSPS) is 15.8. The van der Waals surface area contributed by atoms with E-state index in [2.05, 4.69) is 36.9 Å². The van der Waals surface area contributed by atoms with E-state index < -0.39 is 108 Å². The Morgan fingerprint density at radius 1 is 0.690 bits per heavy atom. The van der Waals surface area contributed by atoms with Gasteiger partial charge in [-0.1, -0.05) is 44.2 Å². The van der Waals surface area contributed by atoms with E-state index in [4.69, 9.17) is 17.2 Å². The summed E-state index contributed by atoms with van der Waals surface area (Å²) in [6.45, 7) is 4.73. The number of aliphatic carboxylic acids is 1. The van der Waals surface area contributed by atoms with Gasteiger partial charge >= 0.3 is 5.97 Å². The number of benzene rings is 1. The zero-order valence-corrected chi connectivity index (χ0v) is 34.2. The Morgan fingerprint density at radius 3 is 1.66 bits per heavy atom. The molecular formula is C36H60N10O11S. The van der Waals surface area contributed by atoms with Crippen molar-refractivity contribution in [3.8, 4) is 0 Å². The fourth-order valence-corrected chi connectivity index (χ4v) is 5.79. The number of hydrogen-bond acceptors (Lipinski definition) is 13. The summed E-state index contributed by atoms with van der Waals surface area (Å²) in [4.78, 5) is 95.1. The molecule has 21 nitrogen and oxygen atoms in total. The molecule has 22 heteroatoms. The second kappa shape index (κ2) is 26.1. The minimum atomic E-state index is -1.74. The third-order valence-corrected chi connectivity index (χ3v) is 9.27. The Balaban J connectivity index is 3.08. The molecule has 0 saturated heterocycles. The van der Waals surface area contributed by atoms with Crippen molar-refractivity contribution in [2.24, 2.45) is 28.1 Å². The molecule has 1 aromatic rings. The molecule has 16 N–H and O–H groups in total. The second-order valence-corrected chi connectivity index (χ2v) is 14.9. The quantitative estimate of drug-likeness (QED) is 0.0239. The molecule has 0 unspecified atom stereocenters. The highest BCUT2D eigenvalue weighted by Gasteiger charge is 2.37. The van der Waals surface area contributed by atoms with Crippen LogP contribution >= 0.6 is 11.8 Å². The third-order valence-electron chi connectivity index (χ3n) is 8.63. The Morgan fingerprint density at radius 2 is 1.17 bits per heavy atom. The molecule has 326 valence electrons. The van der Waals surface area contributed by atoms with Gasteiger partial charge in [0.2, 0.25) is 35.4 Å². The zero-order valence-electron chi connectivity index (χ0n) is 33.3. The number of nitrogens with one attached hydrogen (secondary N) is 6. The minimum absolute atomic E-state index is 0.0372. The number of carboxylic acid groups (broad SMARTS) is 1. The number of guanidine groups is 1. The van der Waals surface area contributed by atoms with Gasteiger partial charge in [-0.2, -0.15) is 11.8 Å². The van der Waals surface area contributed by atoms with Gasteiger partial charge in [0.25, 0.3) is 0 Å². The van der Waals surface area contributed by atoms with E-state index in [1.54, 1.807) is 50.4 Å². The summed E-state index contributed by atoms with van der Waals surface area (Å²) >= 11 is 1.34. The van der Waals surface area contributed by atoms with Crippen LogP contribution in [0.5, 0.6) is 0 Å². The fourth-order valence-electron chi connectivity index (χ4n) is 5.32. The summed E-state index contributed by atoms with van der Waals surface area (Å²) in [5.74, 6) is -7.43. The number of carboxylic acids is 1. The lowest BCUT2D eigenvalue weighted by Gasteiger charge is -2.30. The predicted octanol–water partition coefficient (Wildman–Crippen LogP) is -4.23. The topological polar surface area (TPSA) is 363 Å². The first-order valence-corrected chi connectivity index (χ1v) is 20.0. The van der Waals surface area contributed by atoms with Gasteiger partial charge < -0.3 is 69.5 Å². The van der Waals surface area contributed by atoms with Crippen LogP contribution in [0.2, 0.25) is 0 Å². The van der Waals surface area contributed by atoms with Crippen LogP contribution in [0, 0.1) is 5.92 Å². The van der Waals surface area contributed by atoms with E-state index in [9.17, 15) is 54.0 Å². The van der Waals surface area contributed by atoms with Crippen molar-refractivity contribution in [2.45, 2.75) is 108 Å². The minimum Gasteiger partial charge on any atom is -0.480 e.